The van der Waals surface area contributed by atoms with E-state index in [9.17, 15) is 4.79 Å². The minimum absolute atomic E-state index is 0.113. The Kier molecular flexibility index (Phi) is 4.95. The third kappa shape index (κ3) is 4.33. The molecule has 0 saturated heterocycles. The molecule has 0 aliphatic heterocycles. The maximum atomic E-state index is 12.0. The van der Waals surface area contributed by atoms with Crippen LogP contribution in [0.25, 0.3) is 0 Å². The molecule has 0 radical (unpaired) electrons. The van der Waals surface area contributed by atoms with Crippen LogP contribution in [-0.4, -0.2) is 16.8 Å². The number of rotatable bonds is 4. The first kappa shape index (κ1) is 15.1. The zero-order valence-corrected chi connectivity index (χ0v) is 12.3. The van der Waals surface area contributed by atoms with Crippen LogP contribution < -0.4 is 5.32 Å². The first-order chi connectivity index (χ1) is 10.1. The molecule has 0 saturated carbocycles. The Morgan fingerprint density at radius 3 is 2.57 bits per heavy atom. The molecule has 0 fully saturated rings. The van der Waals surface area contributed by atoms with Crippen molar-refractivity contribution >= 4 is 28.9 Å². The number of nitrogens with zero attached hydrogens (tertiary/aromatic N) is 1. The molecule has 2 rings (SSSR count). The maximum absolute atomic E-state index is 12.0. The summed E-state index contributed by atoms with van der Waals surface area (Å²) in [6.07, 6.45) is 0.263. The zero-order chi connectivity index (χ0) is 15.2. The molecule has 0 unspecified atom stereocenters. The quantitative estimate of drug-likeness (QED) is 0.513. The van der Waals surface area contributed by atoms with Crippen LogP contribution in [0.2, 0.25) is 5.02 Å². The third-order valence-corrected chi connectivity index (χ3v) is 3.23. The summed E-state index contributed by atoms with van der Waals surface area (Å²) in [6, 6.07) is 14.3. The number of oxime groups is 1. The predicted octanol–water partition coefficient (Wildman–Crippen LogP) is 3.72. The van der Waals surface area contributed by atoms with E-state index < -0.39 is 0 Å². The van der Waals surface area contributed by atoms with Gasteiger partial charge in [-0.2, -0.15) is 0 Å². The second-order valence-corrected chi connectivity index (χ2v) is 5.05. The van der Waals surface area contributed by atoms with Crippen molar-refractivity contribution in [3.05, 3.63) is 64.7 Å². The Bertz CT molecular complexity index is 666. The molecule has 0 aliphatic rings. The van der Waals surface area contributed by atoms with E-state index in [1.165, 1.54) is 0 Å². The summed E-state index contributed by atoms with van der Waals surface area (Å²) in [6.45, 7) is 1.70. The number of hydrogen-bond acceptors (Lipinski definition) is 3. The molecule has 0 heterocycles. The fraction of sp³-hybridized carbons (Fsp3) is 0.125. The first-order valence-corrected chi connectivity index (χ1v) is 6.79. The number of nitrogens with one attached hydrogen (secondary N) is 1. The van der Waals surface area contributed by atoms with Crippen molar-refractivity contribution in [2.45, 2.75) is 13.3 Å². The molecular weight excluding hydrogens is 288 g/mol. The SMILES string of the molecule is CC(=NO)c1ccc(NC(=O)Cc2cccc(Cl)c2)cc1. The normalized spacial score (nSPS) is 11.2. The van der Waals surface area contributed by atoms with E-state index in [0.29, 0.717) is 16.4 Å². The van der Waals surface area contributed by atoms with Gasteiger partial charge in [-0.1, -0.05) is 41.0 Å². The molecule has 0 atom stereocenters. The summed E-state index contributed by atoms with van der Waals surface area (Å²) in [5.74, 6) is -0.113. The topological polar surface area (TPSA) is 61.7 Å². The van der Waals surface area contributed by atoms with Crippen molar-refractivity contribution in [3.63, 3.8) is 0 Å². The highest BCUT2D eigenvalue weighted by Crippen LogP contribution is 2.13. The van der Waals surface area contributed by atoms with E-state index >= 15 is 0 Å². The summed E-state index contributed by atoms with van der Waals surface area (Å²) >= 11 is 5.89. The standard InChI is InChI=1S/C16H15ClN2O2/c1-11(19-21)13-5-7-15(8-6-13)18-16(20)10-12-3-2-4-14(17)9-12/h2-9,21H,10H2,1H3,(H,18,20). The molecule has 0 bridgehead atoms. The molecule has 2 aromatic rings. The van der Waals surface area contributed by atoms with Gasteiger partial charge in [-0.05, 0) is 42.3 Å². The minimum atomic E-state index is -0.113. The average molecular weight is 303 g/mol. The smallest absolute Gasteiger partial charge is 0.228 e. The molecular formula is C16H15ClN2O2. The molecule has 0 spiro atoms. The number of anilines is 1. The van der Waals surface area contributed by atoms with E-state index in [2.05, 4.69) is 10.5 Å². The molecule has 108 valence electrons. The van der Waals surface area contributed by atoms with Gasteiger partial charge in [0.2, 0.25) is 5.91 Å². The van der Waals surface area contributed by atoms with Crippen LogP contribution in [0.4, 0.5) is 5.69 Å². The fourth-order valence-electron chi connectivity index (χ4n) is 1.89. The maximum Gasteiger partial charge on any atom is 0.228 e. The highest BCUT2D eigenvalue weighted by atomic mass is 35.5. The second kappa shape index (κ2) is 6.90. The highest BCUT2D eigenvalue weighted by molar-refractivity contribution is 6.30. The van der Waals surface area contributed by atoms with Crippen LogP contribution in [0, 0.1) is 0 Å². The Hall–Kier alpha value is -2.33. The van der Waals surface area contributed by atoms with Gasteiger partial charge in [-0.25, -0.2) is 0 Å². The molecule has 2 aromatic carbocycles. The van der Waals surface area contributed by atoms with Crippen molar-refractivity contribution in [3.8, 4) is 0 Å². The van der Waals surface area contributed by atoms with E-state index in [0.717, 1.165) is 11.1 Å². The number of hydrogen-bond donors (Lipinski definition) is 2. The molecule has 21 heavy (non-hydrogen) atoms. The molecule has 0 aliphatic carbocycles. The van der Waals surface area contributed by atoms with Crippen molar-refractivity contribution in [1.29, 1.82) is 0 Å². The van der Waals surface area contributed by atoms with Gasteiger partial charge in [-0.3, -0.25) is 4.79 Å². The number of carbonyl (C=O) groups is 1. The first-order valence-electron chi connectivity index (χ1n) is 6.42. The van der Waals surface area contributed by atoms with Crippen LogP contribution in [0.3, 0.4) is 0 Å². The Morgan fingerprint density at radius 2 is 1.95 bits per heavy atom. The Balaban J connectivity index is 2.00. The molecule has 2 N–H and O–H groups in total. The number of benzene rings is 2. The average Bonchev–Trinajstić information content (AvgIpc) is 2.47. The summed E-state index contributed by atoms with van der Waals surface area (Å²) in [5.41, 5.74) is 2.87. The molecule has 4 nitrogen and oxygen atoms in total. The lowest BCUT2D eigenvalue weighted by atomic mass is 10.1. The third-order valence-electron chi connectivity index (χ3n) is 2.99. The van der Waals surface area contributed by atoms with Gasteiger partial charge >= 0.3 is 0 Å². The second-order valence-electron chi connectivity index (χ2n) is 4.62. The van der Waals surface area contributed by atoms with Crippen molar-refractivity contribution in [1.82, 2.24) is 0 Å². The summed E-state index contributed by atoms with van der Waals surface area (Å²) < 4.78 is 0. The van der Waals surface area contributed by atoms with Gasteiger partial charge in [0, 0.05) is 10.7 Å². The van der Waals surface area contributed by atoms with Crippen molar-refractivity contribution in [2.24, 2.45) is 5.16 Å². The monoisotopic (exact) mass is 302 g/mol. The lowest BCUT2D eigenvalue weighted by Crippen LogP contribution is -2.14. The lowest BCUT2D eigenvalue weighted by Gasteiger charge is -2.06. The van der Waals surface area contributed by atoms with Gasteiger partial charge in [0.05, 0.1) is 12.1 Å². The fourth-order valence-corrected chi connectivity index (χ4v) is 2.10. The molecule has 1 amide bonds. The zero-order valence-electron chi connectivity index (χ0n) is 11.5. The minimum Gasteiger partial charge on any atom is -0.411 e. The van der Waals surface area contributed by atoms with Crippen LogP contribution in [-0.2, 0) is 11.2 Å². The Labute approximate surface area is 128 Å². The largest absolute Gasteiger partial charge is 0.411 e. The van der Waals surface area contributed by atoms with Crippen LogP contribution >= 0.6 is 11.6 Å². The van der Waals surface area contributed by atoms with Gasteiger partial charge in [0.15, 0.2) is 0 Å². The number of amides is 1. The van der Waals surface area contributed by atoms with Crippen LogP contribution in [0.15, 0.2) is 53.7 Å². The van der Waals surface area contributed by atoms with E-state index in [1.54, 1.807) is 43.3 Å². The summed E-state index contributed by atoms with van der Waals surface area (Å²) in [5, 5.41) is 15.3. The number of halogens is 1. The predicted molar refractivity (Wildman–Crippen MR) is 84.2 cm³/mol. The molecule has 5 heteroatoms. The van der Waals surface area contributed by atoms with Gasteiger partial charge < -0.3 is 10.5 Å². The van der Waals surface area contributed by atoms with Crippen LogP contribution in [0.1, 0.15) is 18.1 Å². The summed E-state index contributed by atoms with van der Waals surface area (Å²) in [7, 11) is 0. The summed E-state index contributed by atoms with van der Waals surface area (Å²) in [4.78, 5) is 12.0. The molecule has 0 aromatic heterocycles. The van der Waals surface area contributed by atoms with Gasteiger partial charge in [-0.15, -0.1) is 0 Å². The van der Waals surface area contributed by atoms with E-state index in [1.807, 2.05) is 12.1 Å². The van der Waals surface area contributed by atoms with Gasteiger partial charge in [0.1, 0.15) is 0 Å². The lowest BCUT2D eigenvalue weighted by molar-refractivity contribution is -0.115. The van der Waals surface area contributed by atoms with E-state index in [-0.39, 0.29) is 12.3 Å². The van der Waals surface area contributed by atoms with Gasteiger partial charge in [0.25, 0.3) is 0 Å². The van der Waals surface area contributed by atoms with Crippen molar-refractivity contribution in [2.75, 3.05) is 5.32 Å². The van der Waals surface area contributed by atoms with Crippen molar-refractivity contribution < 1.29 is 10.0 Å². The number of carbonyl (C=O) groups excluding carboxylic acids is 1. The van der Waals surface area contributed by atoms with Crippen LogP contribution in [0.5, 0.6) is 0 Å². The van der Waals surface area contributed by atoms with E-state index in [4.69, 9.17) is 16.8 Å². The highest BCUT2D eigenvalue weighted by Gasteiger charge is 2.05. The Morgan fingerprint density at radius 1 is 1.24 bits per heavy atom.